The molecule has 1 aliphatic rings. The van der Waals surface area contributed by atoms with Gasteiger partial charge in [0.25, 0.3) is 11.1 Å². The van der Waals surface area contributed by atoms with Crippen molar-refractivity contribution in [3.05, 3.63) is 77.9 Å². The van der Waals surface area contributed by atoms with Gasteiger partial charge in [-0.25, -0.2) is 4.79 Å². The summed E-state index contributed by atoms with van der Waals surface area (Å²) in [7, 11) is 0. The normalized spacial score (nSPS) is 13.9. The molecule has 9 nitrogen and oxygen atoms in total. The van der Waals surface area contributed by atoms with Crippen LogP contribution in [0.25, 0.3) is 5.69 Å². The van der Waals surface area contributed by atoms with E-state index in [9.17, 15) is 14.4 Å². The fourth-order valence-electron chi connectivity index (χ4n) is 2.97. The van der Waals surface area contributed by atoms with E-state index in [-0.39, 0.29) is 33.1 Å². The zero-order valence-corrected chi connectivity index (χ0v) is 16.4. The lowest BCUT2D eigenvalue weighted by Crippen LogP contribution is -2.44. The molecule has 0 aliphatic heterocycles. The number of hydrogen-bond donors (Lipinski definition) is 1. The van der Waals surface area contributed by atoms with Crippen LogP contribution in [0, 0.1) is 0 Å². The summed E-state index contributed by atoms with van der Waals surface area (Å²) < 4.78 is 8.76. The third-order valence-electron chi connectivity index (χ3n) is 4.73. The van der Waals surface area contributed by atoms with Crippen molar-refractivity contribution in [1.29, 1.82) is 0 Å². The second kappa shape index (κ2) is 7.41. The Kier molecular flexibility index (Phi) is 4.93. The molecule has 11 heteroatoms. The Bertz CT molecular complexity index is 1250. The molecule has 0 amide bonds. The SMILES string of the molecule is Nn1c(=O)cnn(-c2cc(Cl)c(Oc3ccc(=O)n(C4CCC4)c3)c(Cl)c2)c1=O. The molecule has 0 spiro atoms. The van der Waals surface area contributed by atoms with Crippen LogP contribution in [0.5, 0.6) is 11.5 Å². The zero-order valence-electron chi connectivity index (χ0n) is 14.9. The Hall–Kier alpha value is -3.04. The third-order valence-corrected chi connectivity index (χ3v) is 5.30. The lowest BCUT2D eigenvalue weighted by molar-refractivity contribution is 0.303. The highest BCUT2D eigenvalue weighted by Crippen LogP contribution is 2.38. The van der Waals surface area contributed by atoms with Gasteiger partial charge >= 0.3 is 5.69 Å². The van der Waals surface area contributed by atoms with Crippen molar-refractivity contribution >= 4 is 23.2 Å². The Balaban J connectivity index is 1.70. The minimum atomic E-state index is -0.856. The van der Waals surface area contributed by atoms with E-state index in [0.717, 1.165) is 30.1 Å². The molecule has 0 unspecified atom stereocenters. The molecular formula is C18H15Cl2N5O4. The van der Waals surface area contributed by atoms with Crippen LogP contribution in [-0.4, -0.2) is 19.0 Å². The number of halogens is 2. The number of rotatable bonds is 4. The van der Waals surface area contributed by atoms with Crippen LogP contribution < -0.4 is 27.4 Å². The van der Waals surface area contributed by atoms with Gasteiger partial charge in [-0.1, -0.05) is 23.2 Å². The maximum atomic E-state index is 12.1. The summed E-state index contributed by atoms with van der Waals surface area (Å²) in [6.45, 7) is 0. The largest absolute Gasteiger partial charge is 0.453 e. The summed E-state index contributed by atoms with van der Waals surface area (Å²) in [6.07, 6.45) is 5.51. The van der Waals surface area contributed by atoms with Crippen molar-refractivity contribution in [2.75, 3.05) is 5.84 Å². The summed E-state index contributed by atoms with van der Waals surface area (Å²) in [5.74, 6) is 5.97. The molecule has 1 aromatic carbocycles. The van der Waals surface area contributed by atoms with E-state index >= 15 is 0 Å². The first-order chi connectivity index (χ1) is 13.8. The number of benzene rings is 1. The highest BCUT2D eigenvalue weighted by atomic mass is 35.5. The number of nitrogens with two attached hydrogens (primary N) is 1. The average Bonchev–Trinajstić information content (AvgIpc) is 2.64. The van der Waals surface area contributed by atoms with Crippen LogP contribution in [0.15, 0.2) is 51.0 Å². The lowest BCUT2D eigenvalue weighted by atomic mass is 9.93. The number of nitrogen functional groups attached to an aromatic ring is 1. The molecule has 2 N–H and O–H groups in total. The second-order valence-electron chi connectivity index (χ2n) is 6.58. The van der Waals surface area contributed by atoms with Gasteiger partial charge in [0.1, 0.15) is 11.9 Å². The molecule has 3 aromatic rings. The van der Waals surface area contributed by atoms with E-state index in [1.807, 2.05) is 0 Å². The number of ether oxygens (including phenoxy) is 1. The van der Waals surface area contributed by atoms with Crippen LogP contribution in [0.1, 0.15) is 25.3 Å². The van der Waals surface area contributed by atoms with Gasteiger partial charge in [0.15, 0.2) is 5.75 Å². The number of nitrogens with zero attached hydrogens (tertiary/aromatic N) is 4. The lowest BCUT2D eigenvalue weighted by Gasteiger charge is -2.27. The molecule has 150 valence electrons. The van der Waals surface area contributed by atoms with Gasteiger partial charge in [0.05, 0.1) is 21.9 Å². The van der Waals surface area contributed by atoms with Crippen molar-refractivity contribution in [3.63, 3.8) is 0 Å². The molecule has 1 fully saturated rings. The van der Waals surface area contributed by atoms with Gasteiger partial charge in [-0.3, -0.25) is 9.59 Å². The van der Waals surface area contributed by atoms with Gasteiger partial charge in [-0.15, -0.1) is 0 Å². The molecule has 2 aromatic heterocycles. The van der Waals surface area contributed by atoms with E-state index in [1.165, 1.54) is 24.3 Å². The van der Waals surface area contributed by atoms with Gasteiger partial charge in [0.2, 0.25) is 0 Å². The van der Waals surface area contributed by atoms with Crippen LogP contribution in [0.3, 0.4) is 0 Å². The van der Waals surface area contributed by atoms with Gasteiger partial charge in [-0.2, -0.15) is 14.5 Å². The van der Waals surface area contributed by atoms with E-state index in [2.05, 4.69) is 5.10 Å². The highest BCUT2D eigenvalue weighted by molar-refractivity contribution is 6.37. The monoisotopic (exact) mass is 435 g/mol. The first-order valence-electron chi connectivity index (χ1n) is 8.71. The molecule has 1 aliphatic carbocycles. The standard InChI is InChI=1S/C18H15Cl2N5O4/c19-13-6-11(25-18(28)24(21)16(27)8-22-25)7-14(20)17(13)29-12-4-5-15(26)23(9-12)10-2-1-3-10/h4-10H,1-3,21H2. The minimum Gasteiger partial charge on any atom is -0.453 e. The molecule has 0 saturated heterocycles. The molecule has 2 heterocycles. The van der Waals surface area contributed by atoms with Gasteiger partial charge in [0, 0.05) is 12.1 Å². The topological polar surface area (TPSA) is 114 Å². The Morgan fingerprint density at radius 1 is 1.07 bits per heavy atom. The van der Waals surface area contributed by atoms with Crippen LogP contribution >= 0.6 is 23.2 Å². The second-order valence-corrected chi connectivity index (χ2v) is 7.40. The molecule has 0 bridgehead atoms. The van der Waals surface area contributed by atoms with Crippen molar-refractivity contribution in [3.8, 4) is 17.2 Å². The van der Waals surface area contributed by atoms with E-state index < -0.39 is 11.2 Å². The Morgan fingerprint density at radius 2 is 1.76 bits per heavy atom. The molecule has 29 heavy (non-hydrogen) atoms. The van der Waals surface area contributed by atoms with Gasteiger partial charge in [-0.05, 0) is 37.5 Å². The van der Waals surface area contributed by atoms with Gasteiger partial charge < -0.3 is 15.1 Å². The predicted octanol–water partition coefficient (Wildman–Crippen LogP) is 2.09. The predicted molar refractivity (Wildman–Crippen MR) is 108 cm³/mol. The smallest absolute Gasteiger partial charge is 0.370 e. The molecule has 0 radical (unpaired) electrons. The highest BCUT2D eigenvalue weighted by Gasteiger charge is 2.21. The van der Waals surface area contributed by atoms with E-state index in [4.69, 9.17) is 33.8 Å². The summed E-state index contributed by atoms with van der Waals surface area (Å²) in [5.41, 5.74) is -1.50. The number of aromatic nitrogens is 4. The van der Waals surface area contributed by atoms with Crippen molar-refractivity contribution in [2.24, 2.45) is 0 Å². The summed E-state index contributed by atoms with van der Waals surface area (Å²) >= 11 is 12.6. The quantitative estimate of drug-likeness (QED) is 0.627. The summed E-state index contributed by atoms with van der Waals surface area (Å²) in [4.78, 5) is 35.6. The molecular weight excluding hydrogens is 421 g/mol. The third kappa shape index (κ3) is 3.54. The summed E-state index contributed by atoms with van der Waals surface area (Å²) in [5, 5.41) is 3.97. The average molecular weight is 436 g/mol. The van der Waals surface area contributed by atoms with Crippen molar-refractivity contribution < 1.29 is 4.74 Å². The van der Waals surface area contributed by atoms with Crippen molar-refractivity contribution in [2.45, 2.75) is 25.3 Å². The zero-order chi connectivity index (χ0) is 20.7. The first kappa shape index (κ1) is 19.3. The maximum Gasteiger partial charge on any atom is 0.370 e. The van der Waals surface area contributed by atoms with Crippen LogP contribution in [0.2, 0.25) is 10.0 Å². The van der Waals surface area contributed by atoms with Crippen molar-refractivity contribution in [1.82, 2.24) is 19.0 Å². The molecule has 1 saturated carbocycles. The fourth-order valence-corrected chi connectivity index (χ4v) is 3.52. The Morgan fingerprint density at radius 3 is 2.38 bits per heavy atom. The number of pyridine rings is 1. The van der Waals surface area contributed by atoms with Crippen LogP contribution in [0.4, 0.5) is 0 Å². The van der Waals surface area contributed by atoms with E-state index in [0.29, 0.717) is 10.4 Å². The van der Waals surface area contributed by atoms with E-state index in [1.54, 1.807) is 10.8 Å². The fraction of sp³-hybridized carbons (Fsp3) is 0.222. The number of hydrogen-bond acceptors (Lipinski definition) is 6. The molecule has 4 rings (SSSR count). The maximum absolute atomic E-state index is 12.1. The van der Waals surface area contributed by atoms with Crippen LogP contribution in [-0.2, 0) is 0 Å². The Labute approximate surface area is 173 Å². The first-order valence-corrected chi connectivity index (χ1v) is 9.46. The summed E-state index contributed by atoms with van der Waals surface area (Å²) in [6, 6.07) is 5.95. The minimum absolute atomic E-state index is 0.100. The molecule has 0 atom stereocenters.